The van der Waals surface area contributed by atoms with Crippen LogP contribution in [0.2, 0.25) is 0 Å². The van der Waals surface area contributed by atoms with Crippen LogP contribution in [-0.2, 0) is 0 Å². The zero-order valence-corrected chi connectivity index (χ0v) is 17.8. The number of hydrogen-bond acceptors (Lipinski definition) is 5. The number of nitrogens with one attached hydrogen (secondary N) is 1. The van der Waals surface area contributed by atoms with E-state index in [1.165, 1.54) is 18.4 Å². The zero-order valence-electron chi connectivity index (χ0n) is 17.8. The van der Waals surface area contributed by atoms with Crippen molar-refractivity contribution in [2.75, 3.05) is 35.3 Å². The van der Waals surface area contributed by atoms with Crippen LogP contribution >= 0.6 is 0 Å². The molecular formula is C25H29N5. The van der Waals surface area contributed by atoms with Gasteiger partial charge in [0.05, 0.1) is 23.3 Å². The van der Waals surface area contributed by atoms with Gasteiger partial charge in [-0.05, 0) is 56.5 Å². The third-order valence-electron chi connectivity index (χ3n) is 5.49. The fourth-order valence-electron chi connectivity index (χ4n) is 3.86. The van der Waals surface area contributed by atoms with E-state index in [4.69, 9.17) is 4.98 Å². The molecule has 0 spiro atoms. The quantitative estimate of drug-likeness (QED) is 0.631. The number of benzene rings is 1. The van der Waals surface area contributed by atoms with Crippen LogP contribution in [0.5, 0.6) is 0 Å². The average Bonchev–Trinajstić information content (AvgIpc) is 2.83. The van der Waals surface area contributed by atoms with Gasteiger partial charge in [0.2, 0.25) is 0 Å². The van der Waals surface area contributed by atoms with Gasteiger partial charge in [-0.15, -0.1) is 0 Å². The van der Waals surface area contributed by atoms with E-state index in [0.717, 1.165) is 53.8 Å². The van der Waals surface area contributed by atoms with Crippen molar-refractivity contribution in [1.29, 1.82) is 0 Å². The van der Waals surface area contributed by atoms with Gasteiger partial charge in [-0.25, -0.2) is 4.98 Å². The maximum absolute atomic E-state index is 5.13. The van der Waals surface area contributed by atoms with E-state index in [0.29, 0.717) is 0 Å². The minimum absolute atomic E-state index is 0.813. The molecule has 0 saturated heterocycles. The van der Waals surface area contributed by atoms with Gasteiger partial charge in [0.1, 0.15) is 5.82 Å². The van der Waals surface area contributed by atoms with Gasteiger partial charge in [-0.3, -0.25) is 4.98 Å². The molecule has 0 unspecified atom stereocenters. The first-order valence-electron chi connectivity index (χ1n) is 10.5. The highest BCUT2D eigenvalue weighted by Crippen LogP contribution is 2.34. The van der Waals surface area contributed by atoms with Crippen molar-refractivity contribution >= 4 is 17.2 Å². The third-order valence-corrected chi connectivity index (χ3v) is 5.49. The summed E-state index contributed by atoms with van der Waals surface area (Å²) in [4.78, 5) is 13.8. The summed E-state index contributed by atoms with van der Waals surface area (Å²) >= 11 is 0. The Kier molecular flexibility index (Phi) is 5.98. The van der Waals surface area contributed by atoms with E-state index in [2.05, 4.69) is 77.0 Å². The van der Waals surface area contributed by atoms with E-state index in [9.17, 15) is 0 Å². The lowest BCUT2D eigenvalue weighted by atomic mass is 10.1. The van der Waals surface area contributed by atoms with Crippen molar-refractivity contribution in [1.82, 2.24) is 9.97 Å². The highest BCUT2D eigenvalue weighted by atomic mass is 15.3. The highest BCUT2D eigenvalue weighted by Gasteiger charge is 2.21. The zero-order chi connectivity index (χ0) is 20.9. The second kappa shape index (κ2) is 8.99. The molecule has 0 amide bonds. The van der Waals surface area contributed by atoms with Crippen LogP contribution in [0, 0.1) is 6.92 Å². The third kappa shape index (κ3) is 4.46. The van der Waals surface area contributed by atoms with Gasteiger partial charge in [-0.1, -0.05) is 30.3 Å². The molecule has 154 valence electrons. The van der Waals surface area contributed by atoms with Crippen LogP contribution in [0.1, 0.15) is 24.8 Å². The molecule has 0 atom stereocenters. The van der Waals surface area contributed by atoms with Crippen molar-refractivity contribution in [3.8, 4) is 11.3 Å². The van der Waals surface area contributed by atoms with Gasteiger partial charge >= 0.3 is 0 Å². The Bertz CT molecular complexity index is 1020. The van der Waals surface area contributed by atoms with Gasteiger partial charge < -0.3 is 15.1 Å². The minimum atomic E-state index is 0.813. The molecule has 1 aliphatic heterocycles. The van der Waals surface area contributed by atoms with E-state index >= 15 is 0 Å². The van der Waals surface area contributed by atoms with Crippen molar-refractivity contribution < 1.29 is 0 Å². The Morgan fingerprint density at radius 2 is 1.90 bits per heavy atom. The number of hydrogen-bond donors (Lipinski definition) is 1. The van der Waals surface area contributed by atoms with Crippen LogP contribution < -0.4 is 15.1 Å². The molecule has 3 heterocycles. The van der Waals surface area contributed by atoms with Crippen LogP contribution in [0.15, 0.2) is 73.3 Å². The normalized spacial score (nSPS) is 14.3. The predicted octanol–water partition coefficient (Wildman–Crippen LogP) is 5.46. The molecule has 4 rings (SSSR count). The number of anilines is 3. The summed E-state index contributed by atoms with van der Waals surface area (Å²) in [6.07, 6.45) is 7.03. The smallest absolute Gasteiger partial charge is 0.158 e. The maximum Gasteiger partial charge on any atom is 0.158 e. The highest BCUT2D eigenvalue weighted by molar-refractivity contribution is 5.75. The second-order valence-corrected chi connectivity index (χ2v) is 7.86. The Morgan fingerprint density at radius 1 is 1.03 bits per heavy atom. The average molecular weight is 400 g/mol. The molecule has 1 N–H and O–H groups in total. The van der Waals surface area contributed by atoms with E-state index in [1.807, 2.05) is 18.3 Å². The maximum atomic E-state index is 5.13. The second-order valence-electron chi connectivity index (χ2n) is 7.86. The first kappa shape index (κ1) is 20.0. The van der Waals surface area contributed by atoms with Gasteiger partial charge in [-0.2, -0.15) is 0 Å². The Balaban J connectivity index is 1.75. The fraction of sp³-hybridized carbons (Fsp3) is 0.280. The molecule has 30 heavy (non-hydrogen) atoms. The van der Waals surface area contributed by atoms with Crippen molar-refractivity contribution in [2.45, 2.75) is 26.2 Å². The Hall–Kier alpha value is -3.34. The fourth-order valence-corrected chi connectivity index (χ4v) is 3.86. The summed E-state index contributed by atoms with van der Waals surface area (Å²) in [6, 6.07) is 16.7. The lowest BCUT2D eigenvalue weighted by molar-refractivity contribution is 0.677. The summed E-state index contributed by atoms with van der Waals surface area (Å²) in [7, 11) is 2.15. The molecule has 1 aliphatic rings. The molecule has 3 aromatic rings. The largest absolute Gasteiger partial charge is 0.372 e. The first-order chi connectivity index (χ1) is 14.6. The molecule has 2 aromatic heterocycles. The molecule has 0 fully saturated rings. The molecule has 5 heteroatoms. The number of fused-ring (bicyclic) bond motifs is 1. The summed E-state index contributed by atoms with van der Waals surface area (Å²) < 4.78 is 0. The van der Waals surface area contributed by atoms with Gasteiger partial charge in [0, 0.05) is 31.9 Å². The molecular weight excluding hydrogens is 370 g/mol. The van der Waals surface area contributed by atoms with Crippen LogP contribution in [0.3, 0.4) is 0 Å². The molecule has 1 aromatic carbocycles. The summed E-state index contributed by atoms with van der Waals surface area (Å²) in [6.45, 7) is 8.35. The van der Waals surface area contributed by atoms with Crippen molar-refractivity contribution in [2.24, 2.45) is 0 Å². The number of pyridine rings is 2. The van der Waals surface area contributed by atoms with Crippen LogP contribution in [0.25, 0.3) is 11.3 Å². The standard InChI is InChI=1S/C25H29N5/c1-19-9-7-10-21(17-19)23-12-13-24-25(28-23)30(16-6-4-5-15-29(24)3)20(2)27-22-11-8-14-26-18-22/h7-14,17-18,27H,2,4-6,15-16H2,1,3H3. The van der Waals surface area contributed by atoms with E-state index in [1.54, 1.807) is 6.20 Å². The summed E-state index contributed by atoms with van der Waals surface area (Å²) in [5.74, 6) is 1.76. The summed E-state index contributed by atoms with van der Waals surface area (Å²) in [5.41, 5.74) is 5.39. The topological polar surface area (TPSA) is 44.3 Å². The van der Waals surface area contributed by atoms with Crippen molar-refractivity contribution in [3.63, 3.8) is 0 Å². The molecule has 0 bridgehead atoms. The van der Waals surface area contributed by atoms with Crippen LogP contribution in [0.4, 0.5) is 17.2 Å². The SMILES string of the molecule is C=C(Nc1cccnc1)N1CCCCCN(C)c2ccc(-c3cccc(C)c3)nc21. The van der Waals surface area contributed by atoms with Gasteiger partial charge in [0.15, 0.2) is 5.82 Å². The van der Waals surface area contributed by atoms with Crippen LogP contribution in [-0.4, -0.2) is 30.1 Å². The number of aromatic nitrogens is 2. The minimum Gasteiger partial charge on any atom is -0.372 e. The Morgan fingerprint density at radius 3 is 2.70 bits per heavy atom. The first-order valence-corrected chi connectivity index (χ1v) is 10.5. The number of nitrogens with zero attached hydrogens (tertiary/aromatic N) is 4. The molecule has 0 aliphatic carbocycles. The molecule has 0 saturated carbocycles. The van der Waals surface area contributed by atoms with Gasteiger partial charge in [0.25, 0.3) is 0 Å². The van der Waals surface area contributed by atoms with E-state index in [-0.39, 0.29) is 0 Å². The predicted molar refractivity (Wildman–Crippen MR) is 126 cm³/mol. The van der Waals surface area contributed by atoms with Crippen molar-refractivity contribution in [3.05, 3.63) is 78.9 Å². The lowest BCUT2D eigenvalue weighted by Gasteiger charge is -2.30. The summed E-state index contributed by atoms with van der Waals surface area (Å²) in [5, 5.41) is 3.41. The van der Waals surface area contributed by atoms with E-state index < -0.39 is 0 Å². The number of rotatable bonds is 4. The number of aryl methyl sites for hydroxylation is 1. The lowest BCUT2D eigenvalue weighted by Crippen LogP contribution is -2.30. The monoisotopic (exact) mass is 399 g/mol. The molecule has 0 radical (unpaired) electrons. The molecule has 5 nitrogen and oxygen atoms in total. The Labute approximate surface area is 179 Å².